The van der Waals surface area contributed by atoms with Crippen molar-refractivity contribution < 1.29 is 19.4 Å². The topological polar surface area (TPSA) is 79.7 Å². The summed E-state index contributed by atoms with van der Waals surface area (Å²) in [6.07, 6.45) is 1.58. The molecule has 1 aromatic heterocycles. The van der Waals surface area contributed by atoms with Gasteiger partial charge in [-0.15, -0.1) is 11.3 Å². The minimum atomic E-state index is -0.814. The molecular weight excluding hydrogens is 400 g/mol. The summed E-state index contributed by atoms with van der Waals surface area (Å²) >= 11 is 1.26. The number of ether oxygens (including phenoxy) is 1. The number of aliphatic hydroxyl groups is 1. The lowest BCUT2D eigenvalue weighted by Crippen LogP contribution is -2.29. The van der Waals surface area contributed by atoms with E-state index in [0.29, 0.717) is 22.0 Å². The Balaban J connectivity index is 1.98. The molecule has 0 bridgehead atoms. The molecule has 0 aliphatic carbocycles. The SMILES string of the molecule is COc1cccc(C2C(=C(O)c3cc(C)ccc3C)C(=O)C(=O)N2c2nccs2)c1. The van der Waals surface area contributed by atoms with Gasteiger partial charge in [0.1, 0.15) is 11.5 Å². The lowest BCUT2D eigenvalue weighted by Gasteiger charge is -2.23. The van der Waals surface area contributed by atoms with E-state index >= 15 is 0 Å². The molecule has 30 heavy (non-hydrogen) atoms. The number of Topliss-reactive ketones (excluding diaryl/α,β-unsaturated/α-hetero) is 1. The zero-order chi connectivity index (χ0) is 21.4. The lowest BCUT2D eigenvalue weighted by atomic mass is 9.93. The smallest absolute Gasteiger partial charge is 0.301 e. The minimum Gasteiger partial charge on any atom is -0.507 e. The maximum atomic E-state index is 13.1. The van der Waals surface area contributed by atoms with Crippen molar-refractivity contribution in [3.63, 3.8) is 0 Å². The summed E-state index contributed by atoms with van der Waals surface area (Å²) in [6, 6.07) is 11.9. The highest BCUT2D eigenvalue weighted by atomic mass is 32.1. The number of aromatic nitrogens is 1. The molecule has 1 atom stereocenters. The molecule has 6 nitrogen and oxygen atoms in total. The Kier molecular flexibility index (Phi) is 5.13. The monoisotopic (exact) mass is 420 g/mol. The summed E-state index contributed by atoms with van der Waals surface area (Å²) in [7, 11) is 1.55. The predicted octanol–water partition coefficient (Wildman–Crippen LogP) is 4.39. The minimum absolute atomic E-state index is 0.0390. The van der Waals surface area contributed by atoms with Crippen LogP contribution in [0, 0.1) is 13.8 Å². The van der Waals surface area contributed by atoms with Crippen LogP contribution in [0.1, 0.15) is 28.3 Å². The Morgan fingerprint density at radius 1 is 1.17 bits per heavy atom. The number of aliphatic hydroxyl groups excluding tert-OH is 1. The van der Waals surface area contributed by atoms with Crippen LogP contribution in [-0.2, 0) is 9.59 Å². The van der Waals surface area contributed by atoms with E-state index in [-0.39, 0.29) is 11.3 Å². The molecule has 7 heteroatoms. The molecule has 1 N–H and O–H groups in total. The van der Waals surface area contributed by atoms with E-state index in [1.54, 1.807) is 43.0 Å². The normalized spacial score (nSPS) is 18.1. The first-order valence-corrected chi connectivity index (χ1v) is 10.2. The molecule has 0 radical (unpaired) electrons. The van der Waals surface area contributed by atoms with E-state index in [1.807, 2.05) is 32.0 Å². The number of rotatable bonds is 4. The van der Waals surface area contributed by atoms with Gasteiger partial charge in [0.2, 0.25) is 0 Å². The van der Waals surface area contributed by atoms with E-state index in [2.05, 4.69) is 4.98 Å². The second kappa shape index (κ2) is 7.76. The van der Waals surface area contributed by atoms with Crippen molar-refractivity contribution in [3.05, 3.63) is 81.9 Å². The van der Waals surface area contributed by atoms with Crippen molar-refractivity contribution in [1.29, 1.82) is 0 Å². The van der Waals surface area contributed by atoms with Gasteiger partial charge in [0.15, 0.2) is 5.13 Å². The van der Waals surface area contributed by atoms with Crippen LogP contribution >= 0.6 is 11.3 Å². The third kappa shape index (κ3) is 3.27. The van der Waals surface area contributed by atoms with Gasteiger partial charge in [-0.2, -0.15) is 0 Å². The van der Waals surface area contributed by atoms with Gasteiger partial charge in [0.05, 0.1) is 18.7 Å². The number of nitrogens with zero attached hydrogens (tertiary/aromatic N) is 2. The van der Waals surface area contributed by atoms with Crippen molar-refractivity contribution in [2.24, 2.45) is 0 Å². The first-order chi connectivity index (χ1) is 14.4. The van der Waals surface area contributed by atoms with E-state index in [9.17, 15) is 14.7 Å². The standard InChI is InChI=1S/C23H20N2O4S/c1-13-7-8-14(2)17(11-13)20(26)18-19(15-5-4-6-16(12-15)29-3)25(22(28)21(18)27)23-24-9-10-30-23/h4-12,19,26H,1-3H3. The van der Waals surface area contributed by atoms with E-state index in [0.717, 1.165) is 11.1 Å². The molecule has 1 saturated heterocycles. The first-order valence-electron chi connectivity index (χ1n) is 9.34. The summed E-state index contributed by atoms with van der Waals surface area (Å²) in [5.74, 6) is -1.06. The molecule has 4 rings (SSSR count). The number of carbonyl (C=O) groups is 2. The number of aryl methyl sites for hydroxylation is 2. The molecule has 1 aliphatic heterocycles. The fourth-order valence-electron chi connectivity index (χ4n) is 3.63. The first kappa shape index (κ1) is 19.8. The molecule has 3 aromatic rings. The number of thiazole rings is 1. The fourth-order valence-corrected chi connectivity index (χ4v) is 4.29. The number of ketones is 1. The maximum Gasteiger partial charge on any atom is 0.301 e. The number of benzene rings is 2. The van der Waals surface area contributed by atoms with Crippen molar-refractivity contribution >= 4 is 33.9 Å². The Labute approximate surface area is 178 Å². The third-order valence-electron chi connectivity index (χ3n) is 5.13. The van der Waals surface area contributed by atoms with Crippen LogP contribution < -0.4 is 9.64 Å². The zero-order valence-corrected chi connectivity index (χ0v) is 17.6. The van der Waals surface area contributed by atoms with E-state index in [1.165, 1.54) is 16.2 Å². The van der Waals surface area contributed by atoms with Crippen molar-refractivity contribution in [3.8, 4) is 5.75 Å². The molecule has 1 amide bonds. The molecular formula is C23H20N2O4S. The highest BCUT2D eigenvalue weighted by Crippen LogP contribution is 2.43. The third-order valence-corrected chi connectivity index (χ3v) is 5.90. The Hall–Kier alpha value is -3.45. The van der Waals surface area contributed by atoms with Crippen LogP contribution in [-0.4, -0.2) is 28.9 Å². The Bertz CT molecular complexity index is 1170. The molecule has 2 heterocycles. The van der Waals surface area contributed by atoms with Crippen LogP contribution in [0.2, 0.25) is 0 Å². The highest BCUT2D eigenvalue weighted by molar-refractivity contribution is 7.14. The van der Waals surface area contributed by atoms with Gasteiger partial charge in [0, 0.05) is 17.1 Å². The number of amides is 1. The Morgan fingerprint density at radius 2 is 1.97 bits per heavy atom. The van der Waals surface area contributed by atoms with Gasteiger partial charge < -0.3 is 9.84 Å². The van der Waals surface area contributed by atoms with Crippen LogP contribution in [0.4, 0.5) is 5.13 Å². The van der Waals surface area contributed by atoms with E-state index in [4.69, 9.17) is 4.74 Å². The second-order valence-corrected chi connectivity index (χ2v) is 7.95. The average Bonchev–Trinajstić information content (AvgIpc) is 3.36. The van der Waals surface area contributed by atoms with Crippen molar-refractivity contribution in [2.75, 3.05) is 12.0 Å². The number of hydrogen-bond acceptors (Lipinski definition) is 6. The Morgan fingerprint density at radius 3 is 2.67 bits per heavy atom. The number of methoxy groups -OCH3 is 1. The number of anilines is 1. The summed E-state index contributed by atoms with van der Waals surface area (Å²) in [6.45, 7) is 3.76. The summed E-state index contributed by atoms with van der Waals surface area (Å²) in [4.78, 5) is 31.7. The van der Waals surface area contributed by atoms with Crippen LogP contribution in [0.5, 0.6) is 5.75 Å². The molecule has 1 fully saturated rings. The van der Waals surface area contributed by atoms with Crippen LogP contribution in [0.15, 0.2) is 59.6 Å². The maximum absolute atomic E-state index is 13.1. The van der Waals surface area contributed by atoms with Crippen LogP contribution in [0.25, 0.3) is 5.76 Å². The van der Waals surface area contributed by atoms with Gasteiger partial charge in [-0.25, -0.2) is 4.98 Å². The predicted molar refractivity (Wildman–Crippen MR) is 116 cm³/mol. The van der Waals surface area contributed by atoms with Crippen molar-refractivity contribution in [2.45, 2.75) is 19.9 Å². The fraction of sp³-hybridized carbons (Fsp3) is 0.174. The summed E-state index contributed by atoms with van der Waals surface area (Å²) < 4.78 is 5.33. The van der Waals surface area contributed by atoms with Gasteiger partial charge >= 0.3 is 5.91 Å². The largest absolute Gasteiger partial charge is 0.507 e. The number of hydrogen-bond donors (Lipinski definition) is 1. The molecule has 1 unspecified atom stereocenters. The molecule has 152 valence electrons. The second-order valence-electron chi connectivity index (χ2n) is 7.08. The average molecular weight is 420 g/mol. The highest BCUT2D eigenvalue weighted by Gasteiger charge is 2.48. The van der Waals surface area contributed by atoms with E-state index < -0.39 is 17.7 Å². The van der Waals surface area contributed by atoms with Crippen molar-refractivity contribution in [1.82, 2.24) is 4.98 Å². The number of carbonyl (C=O) groups excluding carboxylic acids is 2. The zero-order valence-electron chi connectivity index (χ0n) is 16.7. The van der Waals surface area contributed by atoms with Gasteiger partial charge in [0.25, 0.3) is 5.78 Å². The quantitative estimate of drug-likeness (QED) is 0.385. The molecule has 0 saturated carbocycles. The summed E-state index contributed by atoms with van der Waals surface area (Å²) in [5.41, 5.74) is 2.96. The molecule has 2 aromatic carbocycles. The molecule has 0 spiro atoms. The summed E-state index contributed by atoms with van der Waals surface area (Å²) in [5, 5.41) is 13.4. The molecule has 1 aliphatic rings. The van der Waals surface area contributed by atoms with Gasteiger partial charge in [-0.05, 0) is 43.2 Å². The van der Waals surface area contributed by atoms with Gasteiger partial charge in [-0.1, -0.05) is 29.8 Å². The van der Waals surface area contributed by atoms with Crippen LogP contribution in [0.3, 0.4) is 0 Å². The van der Waals surface area contributed by atoms with Gasteiger partial charge in [-0.3, -0.25) is 14.5 Å². The lowest BCUT2D eigenvalue weighted by molar-refractivity contribution is -0.132.